The fourth-order valence-electron chi connectivity index (χ4n) is 2.67. The number of thiazole rings is 1. The predicted molar refractivity (Wildman–Crippen MR) is 101 cm³/mol. The number of rotatable bonds is 3. The SMILES string of the molecule is Cc1nn(C)c2ncc(NC(=O)/C=C/c3nc4ccccc4s3)cc12. The molecule has 0 saturated carbocycles. The number of pyridine rings is 1. The van der Waals surface area contributed by atoms with Crippen LogP contribution in [0.15, 0.2) is 42.6 Å². The molecule has 124 valence electrons. The topological polar surface area (TPSA) is 72.7 Å². The van der Waals surface area contributed by atoms with Crippen molar-refractivity contribution in [2.45, 2.75) is 6.92 Å². The van der Waals surface area contributed by atoms with E-state index in [4.69, 9.17) is 0 Å². The zero-order valence-corrected chi connectivity index (χ0v) is 14.5. The molecule has 4 rings (SSSR count). The number of aryl methyl sites for hydroxylation is 2. The van der Waals surface area contributed by atoms with E-state index in [9.17, 15) is 4.79 Å². The van der Waals surface area contributed by atoms with E-state index in [0.717, 1.165) is 32.0 Å². The van der Waals surface area contributed by atoms with Crippen LogP contribution in [0.1, 0.15) is 10.7 Å². The fraction of sp³-hybridized carbons (Fsp3) is 0.111. The maximum absolute atomic E-state index is 12.2. The van der Waals surface area contributed by atoms with Crippen LogP contribution in [-0.4, -0.2) is 25.7 Å². The number of carbonyl (C=O) groups is 1. The van der Waals surface area contributed by atoms with Gasteiger partial charge in [0, 0.05) is 18.5 Å². The lowest BCUT2D eigenvalue weighted by molar-refractivity contribution is -0.111. The quantitative estimate of drug-likeness (QED) is 0.574. The number of hydrogen-bond acceptors (Lipinski definition) is 5. The molecule has 0 atom stereocenters. The second kappa shape index (κ2) is 6.10. The first-order valence-electron chi connectivity index (χ1n) is 7.74. The molecule has 25 heavy (non-hydrogen) atoms. The molecule has 6 nitrogen and oxygen atoms in total. The second-order valence-corrected chi connectivity index (χ2v) is 6.71. The zero-order chi connectivity index (χ0) is 17.4. The van der Waals surface area contributed by atoms with Crippen LogP contribution in [0.5, 0.6) is 0 Å². The van der Waals surface area contributed by atoms with Gasteiger partial charge in [-0.15, -0.1) is 11.3 Å². The molecule has 0 aliphatic heterocycles. The van der Waals surface area contributed by atoms with E-state index in [1.54, 1.807) is 28.3 Å². The lowest BCUT2D eigenvalue weighted by Gasteiger charge is -2.02. The Hall–Kier alpha value is -3.06. The molecule has 1 amide bonds. The fourth-order valence-corrected chi connectivity index (χ4v) is 3.54. The number of nitrogens with one attached hydrogen (secondary N) is 1. The Morgan fingerprint density at radius 1 is 1.32 bits per heavy atom. The van der Waals surface area contributed by atoms with E-state index in [2.05, 4.69) is 20.4 Å². The minimum Gasteiger partial charge on any atom is -0.321 e. The third-order valence-corrected chi connectivity index (χ3v) is 4.82. The lowest BCUT2D eigenvalue weighted by atomic mass is 10.2. The van der Waals surface area contributed by atoms with Crippen LogP contribution in [0.3, 0.4) is 0 Å². The number of para-hydroxylation sites is 1. The summed E-state index contributed by atoms with van der Waals surface area (Å²) >= 11 is 1.55. The van der Waals surface area contributed by atoms with Crippen LogP contribution in [-0.2, 0) is 11.8 Å². The summed E-state index contributed by atoms with van der Waals surface area (Å²) in [6.45, 7) is 1.92. The smallest absolute Gasteiger partial charge is 0.248 e. The summed E-state index contributed by atoms with van der Waals surface area (Å²) in [5.74, 6) is -0.220. The van der Waals surface area contributed by atoms with Crippen LogP contribution in [0.25, 0.3) is 27.3 Å². The van der Waals surface area contributed by atoms with E-state index < -0.39 is 0 Å². The Balaban J connectivity index is 1.52. The highest BCUT2D eigenvalue weighted by atomic mass is 32.1. The number of anilines is 1. The molecule has 3 aromatic heterocycles. The van der Waals surface area contributed by atoms with Gasteiger partial charge in [0.15, 0.2) is 5.65 Å². The van der Waals surface area contributed by atoms with Crippen molar-refractivity contribution in [2.24, 2.45) is 7.05 Å². The Morgan fingerprint density at radius 2 is 2.16 bits per heavy atom. The van der Waals surface area contributed by atoms with Gasteiger partial charge in [-0.05, 0) is 31.2 Å². The molecule has 3 heterocycles. The average Bonchev–Trinajstić information content (AvgIpc) is 3.14. The summed E-state index contributed by atoms with van der Waals surface area (Å²) in [5.41, 5.74) is 3.25. The van der Waals surface area contributed by atoms with Crippen molar-refractivity contribution in [3.05, 3.63) is 53.3 Å². The molecule has 1 aromatic carbocycles. The van der Waals surface area contributed by atoms with Crippen LogP contribution < -0.4 is 5.32 Å². The molecule has 0 saturated heterocycles. The Kier molecular flexibility index (Phi) is 3.77. The number of fused-ring (bicyclic) bond motifs is 2. The molecule has 0 unspecified atom stereocenters. The molecule has 1 N–H and O–H groups in total. The van der Waals surface area contributed by atoms with Crippen LogP contribution in [0, 0.1) is 6.92 Å². The van der Waals surface area contributed by atoms with Gasteiger partial charge in [-0.2, -0.15) is 5.10 Å². The molecule has 4 aromatic rings. The highest BCUT2D eigenvalue weighted by molar-refractivity contribution is 7.19. The lowest BCUT2D eigenvalue weighted by Crippen LogP contribution is -2.08. The number of amides is 1. The molecule has 7 heteroatoms. The molecule has 0 bridgehead atoms. The van der Waals surface area contributed by atoms with Gasteiger partial charge in [-0.25, -0.2) is 9.97 Å². The summed E-state index contributed by atoms with van der Waals surface area (Å²) in [5, 5.41) is 8.88. The molecule has 0 spiro atoms. The van der Waals surface area contributed by atoms with Crippen molar-refractivity contribution >= 4 is 50.3 Å². The number of nitrogens with zero attached hydrogens (tertiary/aromatic N) is 4. The third-order valence-electron chi connectivity index (χ3n) is 3.82. The van der Waals surface area contributed by atoms with E-state index in [1.807, 2.05) is 44.3 Å². The first-order chi connectivity index (χ1) is 12.1. The van der Waals surface area contributed by atoms with Gasteiger partial charge in [0.05, 0.1) is 27.8 Å². The average molecular weight is 349 g/mol. The van der Waals surface area contributed by atoms with Gasteiger partial charge in [0.25, 0.3) is 0 Å². The van der Waals surface area contributed by atoms with E-state index >= 15 is 0 Å². The van der Waals surface area contributed by atoms with Crippen LogP contribution in [0.4, 0.5) is 5.69 Å². The second-order valence-electron chi connectivity index (χ2n) is 5.65. The number of benzene rings is 1. The maximum atomic E-state index is 12.2. The first kappa shape index (κ1) is 15.5. The van der Waals surface area contributed by atoms with Gasteiger partial charge < -0.3 is 5.32 Å². The molecule has 0 fully saturated rings. The van der Waals surface area contributed by atoms with Crippen molar-refractivity contribution in [2.75, 3.05) is 5.32 Å². The molecular formula is C18H15N5OS. The maximum Gasteiger partial charge on any atom is 0.248 e. The van der Waals surface area contributed by atoms with E-state index in [1.165, 1.54) is 6.08 Å². The van der Waals surface area contributed by atoms with Crippen LogP contribution in [0.2, 0.25) is 0 Å². The Labute approximate surface area is 147 Å². The molecular weight excluding hydrogens is 334 g/mol. The normalized spacial score (nSPS) is 11.6. The van der Waals surface area contributed by atoms with E-state index in [-0.39, 0.29) is 5.91 Å². The van der Waals surface area contributed by atoms with Crippen molar-refractivity contribution < 1.29 is 4.79 Å². The third kappa shape index (κ3) is 3.01. The van der Waals surface area contributed by atoms with E-state index in [0.29, 0.717) is 5.69 Å². The number of aromatic nitrogens is 4. The van der Waals surface area contributed by atoms with Gasteiger partial charge in [0.2, 0.25) is 5.91 Å². The Bertz CT molecular complexity index is 1090. The standard InChI is InChI=1S/C18H15N5OS/c1-11-13-9-12(10-19-18(13)23(2)22-11)20-16(24)7-8-17-21-14-5-3-4-6-15(14)25-17/h3-10H,1-2H3,(H,20,24)/b8-7+. The highest BCUT2D eigenvalue weighted by Gasteiger charge is 2.08. The highest BCUT2D eigenvalue weighted by Crippen LogP contribution is 2.22. The largest absolute Gasteiger partial charge is 0.321 e. The zero-order valence-electron chi connectivity index (χ0n) is 13.7. The molecule has 0 radical (unpaired) electrons. The number of hydrogen-bond donors (Lipinski definition) is 1. The van der Waals surface area contributed by atoms with Gasteiger partial charge in [-0.3, -0.25) is 9.48 Å². The van der Waals surface area contributed by atoms with Crippen LogP contribution >= 0.6 is 11.3 Å². The predicted octanol–water partition coefficient (Wildman–Crippen LogP) is 3.54. The Morgan fingerprint density at radius 3 is 3.00 bits per heavy atom. The summed E-state index contributed by atoms with van der Waals surface area (Å²) in [6, 6.07) is 9.78. The minimum absolute atomic E-state index is 0.220. The molecule has 0 aliphatic rings. The van der Waals surface area contributed by atoms with Gasteiger partial charge >= 0.3 is 0 Å². The summed E-state index contributed by atoms with van der Waals surface area (Å²) in [4.78, 5) is 21.0. The van der Waals surface area contributed by atoms with Gasteiger partial charge in [-0.1, -0.05) is 12.1 Å². The van der Waals surface area contributed by atoms with Crippen molar-refractivity contribution in [1.29, 1.82) is 0 Å². The molecule has 0 aliphatic carbocycles. The summed E-state index contributed by atoms with van der Waals surface area (Å²) in [6.07, 6.45) is 4.84. The summed E-state index contributed by atoms with van der Waals surface area (Å²) in [7, 11) is 1.85. The monoisotopic (exact) mass is 349 g/mol. The summed E-state index contributed by atoms with van der Waals surface area (Å²) < 4.78 is 2.83. The van der Waals surface area contributed by atoms with Gasteiger partial charge in [0.1, 0.15) is 5.01 Å². The van der Waals surface area contributed by atoms with Crippen molar-refractivity contribution in [3.63, 3.8) is 0 Å². The minimum atomic E-state index is -0.220. The van der Waals surface area contributed by atoms with Crippen molar-refractivity contribution in [3.8, 4) is 0 Å². The number of carbonyl (C=O) groups excluding carboxylic acids is 1. The first-order valence-corrected chi connectivity index (χ1v) is 8.56. The van der Waals surface area contributed by atoms with Crippen molar-refractivity contribution in [1.82, 2.24) is 19.7 Å².